The summed E-state index contributed by atoms with van der Waals surface area (Å²) in [6.45, 7) is 0. The fourth-order valence-electron chi connectivity index (χ4n) is 2.78. The number of thiocarbonyl (C=S) groups is 1. The van der Waals surface area contributed by atoms with E-state index in [4.69, 9.17) is 21.7 Å². The summed E-state index contributed by atoms with van der Waals surface area (Å²) >= 11 is 5.27. The Morgan fingerprint density at radius 1 is 1.04 bits per heavy atom. The third-order valence-corrected chi connectivity index (χ3v) is 4.74. The van der Waals surface area contributed by atoms with Crippen LogP contribution in [0.5, 0.6) is 11.5 Å². The first-order chi connectivity index (χ1) is 11.5. The van der Waals surface area contributed by atoms with Crippen molar-refractivity contribution in [1.82, 2.24) is 9.80 Å². The van der Waals surface area contributed by atoms with E-state index in [2.05, 4.69) is 0 Å². The third-order valence-electron chi connectivity index (χ3n) is 4.19. The molecular formula is C18H18N2O3S. The molecule has 24 heavy (non-hydrogen) atoms. The van der Waals surface area contributed by atoms with Gasteiger partial charge in [-0.25, -0.2) is 0 Å². The summed E-state index contributed by atoms with van der Waals surface area (Å²) in [4.78, 5) is 15.6. The molecule has 1 aliphatic rings. The van der Waals surface area contributed by atoms with Crippen molar-refractivity contribution >= 4 is 40.1 Å². The van der Waals surface area contributed by atoms with Crippen LogP contribution in [-0.4, -0.2) is 49.1 Å². The third kappa shape index (κ3) is 2.49. The molecule has 124 valence electrons. The number of rotatable bonds is 3. The lowest BCUT2D eigenvalue weighted by Crippen LogP contribution is -2.26. The molecule has 0 aromatic heterocycles. The number of methoxy groups -OCH3 is 2. The molecule has 5 nitrogen and oxygen atoms in total. The van der Waals surface area contributed by atoms with E-state index in [0.717, 1.165) is 22.1 Å². The molecule has 0 N–H and O–H groups in total. The molecule has 2 aromatic carbocycles. The van der Waals surface area contributed by atoms with E-state index in [0.29, 0.717) is 16.6 Å². The van der Waals surface area contributed by atoms with Crippen molar-refractivity contribution in [3.8, 4) is 11.5 Å². The first-order valence-electron chi connectivity index (χ1n) is 7.40. The van der Waals surface area contributed by atoms with Crippen LogP contribution in [0.1, 0.15) is 5.56 Å². The van der Waals surface area contributed by atoms with Gasteiger partial charge in [0, 0.05) is 19.7 Å². The Hall–Kier alpha value is -2.60. The van der Waals surface area contributed by atoms with Crippen LogP contribution in [0, 0.1) is 0 Å². The van der Waals surface area contributed by atoms with Crippen molar-refractivity contribution in [2.24, 2.45) is 0 Å². The molecule has 1 heterocycles. The van der Waals surface area contributed by atoms with Gasteiger partial charge in [-0.15, -0.1) is 0 Å². The minimum absolute atomic E-state index is 0.135. The highest BCUT2D eigenvalue weighted by Crippen LogP contribution is 2.34. The Labute approximate surface area is 146 Å². The fraction of sp³-hybridized carbons (Fsp3) is 0.222. The quantitative estimate of drug-likeness (QED) is 0.634. The Bertz CT molecular complexity index is 871. The molecule has 0 radical (unpaired) electrons. The van der Waals surface area contributed by atoms with Crippen molar-refractivity contribution in [3.63, 3.8) is 0 Å². The Balaban J connectivity index is 2.26. The number of amides is 1. The summed E-state index contributed by atoms with van der Waals surface area (Å²) in [6.07, 6.45) is 1.82. The number of benzene rings is 2. The highest BCUT2D eigenvalue weighted by atomic mass is 32.1. The average Bonchev–Trinajstić information content (AvgIpc) is 2.79. The number of hydrogen-bond donors (Lipinski definition) is 0. The van der Waals surface area contributed by atoms with Crippen LogP contribution in [0.2, 0.25) is 0 Å². The molecular weight excluding hydrogens is 324 g/mol. The van der Waals surface area contributed by atoms with E-state index < -0.39 is 0 Å². The van der Waals surface area contributed by atoms with Crippen molar-refractivity contribution in [2.45, 2.75) is 0 Å². The van der Waals surface area contributed by atoms with Gasteiger partial charge >= 0.3 is 0 Å². The van der Waals surface area contributed by atoms with Gasteiger partial charge in [-0.2, -0.15) is 0 Å². The monoisotopic (exact) mass is 342 g/mol. The molecule has 0 aliphatic carbocycles. The predicted molar refractivity (Wildman–Crippen MR) is 98.2 cm³/mol. The lowest BCUT2D eigenvalue weighted by molar-refractivity contribution is -0.121. The second-order valence-corrected chi connectivity index (χ2v) is 5.87. The Kier molecular flexibility index (Phi) is 4.15. The van der Waals surface area contributed by atoms with E-state index in [1.165, 1.54) is 4.90 Å². The van der Waals surface area contributed by atoms with Crippen LogP contribution in [0.3, 0.4) is 0 Å². The molecule has 0 saturated carbocycles. The molecule has 1 fully saturated rings. The van der Waals surface area contributed by atoms with E-state index in [-0.39, 0.29) is 5.91 Å². The minimum Gasteiger partial charge on any atom is -0.497 e. The molecule has 0 unspecified atom stereocenters. The maximum absolute atomic E-state index is 12.5. The second-order valence-electron chi connectivity index (χ2n) is 5.50. The van der Waals surface area contributed by atoms with Crippen molar-refractivity contribution in [1.29, 1.82) is 0 Å². The summed E-state index contributed by atoms with van der Waals surface area (Å²) in [5.74, 6) is 1.29. The fourth-order valence-corrected chi connectivity index (χ4v) is 2.96. The number of carbonyl (C=O) groups is 1. The van der Waals surface area contributed by atoms with Crippen molar-refractivity contribution in [3.05, 3.63) is 41.6 Å². The second kappa shape index (κ2) is 6.13. The van der Waals surface area contributed by atoms with Crippen LogP contribution in [0.15, 0.2) is 36.0 Å². The summed E-state index contributed by atoms with van der Waals surface area (Å²) in [5, 5.41) is 2.46. The number of likely N-dealkylation sites (N-methyl/N-ethyl adjacent to an activating group) is 2. The summed E-state index contributed by atoms with van der Waals surface area (Å²) < 4.78 is 10.8. The maximum atomic E-state index is 12.5. The van der Waals surface area contributed by atoms with Crippen LogP contribution >= 0.6 is 12.2 Å². The van der Waals surface area contributed by atoms with E-state index in [1.807, 2.05) is 36.4 Å². The van der Waals surface area contributed by atoms with Gasteiger partial charge in [0.15, 0.2) is 5.11 Å². The number of fused-ring (bicyclic) bond motifs is 1. The average molecular weight is 342 g/mol. The highest BCUT2D eigenvalue weighted by Gasteiger charge is 2.33. The molecule has 0 bridgehead atoms. The van der Waals surface area contributed by atoms with Gasteiger partial charge in [0.05, 0.1) is 14.2 Å². The SMILES string of the molecule is COc1ccc2ccc(OC)c(/C=C3/C(=O)N(C)C(=S)N3C)c2c1. The van der Waals surface area contributed by atoms with Crippen LogP contribution in [-0.2, 0) is 4.79 Å². The number of hydrogen-bond acceptors (Lipinski definition) is 4. The smallest absolute Gasteiger partial charge is 0.276 e. The van der Waals surface area contributed by atoms with Crippen LogP contribution < -0.4 is 9.47 Å². The van der Waals surface area contributed by atoms with E-state index in [9.17, 15) is 4.79 Å². The zero-order chi connectivity index (χ0) is 17.4. The normalized spacial score (nSPS) is 16.4. The molecule has 0 atom stereocenters. The summed E-state index contributed by atoms with van der Waals surface area (Å²) in [7, 11) is 6.69. The first kappa shape index (κ1) is 16.3. The lowest BCUT2D eigenvalue weighted by Gasteiger charge is -2.13. The van der Waals surface area contributed by atoms with Gasteiger partial charge in [-0.1, -0.05) is 12.1 Å². The highest BCUT2D eigenvalue weighted by molar-refractivity contribution is 7.80. The Morgan fingerprint density at radius 2 is 1.75 bits per heavy atom. The zero-order valence-corrected chi connectivity index (χ0v) is 14.8. The van der Waals surface area contributed by atoms with Crippen molar-refractivity contribution < 1.29 is 14.3 Å². The van der Waals surface area contributed by atoms with E-state index in [1.54, 1.807) is 33.2 Å². The van der Waals surface area contributed by atoms with Gasteiger partial charge in [-0.05, 0) is 47.3 Å². The predicted octanol–water partition coefficient (Wildman–Crippen LogP) is 2.89. The molecule has 3 rings (SSSR count). The largest absolute Gasteiger partial charge is 0.497 e. The van der Waals surface area contributed by atoms with E-state index >= 15 is 0 Å². The number of carbonyl (C=O) groups excluding carboxylic acids is 1. The van der Waals surface area contributed by atoms with Gasteiger partial charge in [0.25, 0.3) is 5.91 Å². The van der Waals surface area contributed by atoms with Gasteiger partial charge in [0.1, 0.15) is 17.2 Å². The Morgan fingerprint density at radius 3 is 2.33 bits per heavy atom. The molecule has 1 amide bonds. The standard InChI is InChI=1S/C18H18N2O3S/c1-19-15(17(21)20(2)18(19)24)10-14-13-9-12(22-3)7-5-11(13)6-8-16(14)23-4/h5-10H,1-4H3/b15-10-. The molecule has 2 aromatic rings. The zero-order valence-electron chi connectivity index (χ0n) is 14.0. The van der Waals surface area contributed by atoms with Gasteiger partial charge in [-0.3, -0.25) is 9.69 Å². The molecule has 0 spiro atoms. The molecule has 1 saturated heterocycles. The topological polar surface area (TPSA) is 42.0 Å². The molecule has 6 heteroatoms. The van der Waals surface area contributed by atoms with Crippen LogP contribution in [0.25, 0.3) is 16.8 Å². The minimum atomic E-state index is -0.135. The number of ether oxygens (including phenoxy) is 2. The molecule has 1 aliphatic heterocycles. The number of nitrogens with zero attached hydrogens (tertiary/aromatic N) is 2. The maximum Gasteiger partial charge on any atom is 0.276 e. The van der Waals surface area contributed by atoms with Gasteiger partial charge < -0.3 is 14.4 Å². The van der Waals surface area contributed by atoms with Gasteiger partial charge in [0.2, 0.25) is 0 Å². The lowest BCUT2D eigenvalue weighted by atomic mass is 10.0. The van der Waals surface area contributed by atoms with Crippen molar-refractivity contribution in [2.75, 3.05) is 28.3 Å². The summed E-state index contributed by atoms with van der Waals surface area (Å²) in [5.41, 5.74) is 1.33. The van der Waals surface area contributed by atoms with Crippen LogP contribution in [0.4, 0.5) is 0 Å². The summed E-state index contributed by atoms with van der Waals surface area (Å²) in [6, 6.07) is 9.69. The first-order valence-corrected chi connectivity index (χ1v) is 7.81.